The molecule has 0 saturated carbocycles. The summed E-state index contributed by atoms with van der Waals surface area (Å²) >= 11 is 3.58. The summed E-state index contributed by atoms with van der Waals surface area (Å²) in [7, 11) is 0. The van der Waals surface area contributed by atoms with Gasteiger partial charge in [-0.05, 0) is 37.5 Å². The number of guanidine groups is 1. The lowest BCUT2D eigenvalue weighted by Gasteiger charge is -2.25. The highest BCUT2D eigenvalue weighted by Gasteiger charge is 2.10. The summed E-state index contributed by atoms with van der Waals surface area (Å²) in [5.74, 6) is 1.40. The number of rotatable bonds is 10. The van der Waals surface area contributed by atoms with Gasteiger partial charge in [-0.2, -0.15) is 0 Å². The van der Waals surface area contributed by atoms with Crippen molar-refractivity contribution in [1.29, 1.82) is 0 Å². The molecule has 3 rings (SSSR count). The lowest BCUT2D eigenvalue weighted by molar-refractivity contribution is 0.736. The summed E-state index contributed by atoms with van der Waals surface area (Å²) in [6.07, 6.45) is 5.36. The molecular weight excluding hydrogens is 442 g/mol. The summed E-state index contributed by atoms with van der Waals surface area (Å²) in [5.41, 5.74) is 9.36. The smallest absolute Gasteiger partial charge is 0.188 e. The first kappa shape index (κ1) is 21.8. The zero-order chi connectivity index (χ0) is 21.2. The number of aromatic amines is 1. The minimum Gasteiger partial charge on any atom is -0.370 e. The second kappa shape index (κ2) is 11.3. The maximum absolute atomic E-state index is 6.04. The molecule has 0 aliphatic rings. The van der Waals surface area contributed by atoms with Crippen LogP contribution in [0.3, 0.4) is 0 Å². The SMILES string of the molecule is Cc1cc(Br)cc(N(CCNC(N)=NCCCc2cnc[nH]2)Cc2ccccc2)n1. The molecular formula is C22H28BrN7. The molecule has 0 radical (unpaired) electrons. The van der Waals surface area contributed by atoms with Crippen LogP contribution in [0.1, 0.15) is 23.4 Å². The van der Waals surface area contributed by atoms with E-state index in [0.717, 1.165) is 47.6 Å². The van der Waals surface area contributed by atoms with E-state index in [0.29, 0.717) is 19.0 Å². The number of pyridine rings is 1. The standard InChI is InChI=1S/C22H28BrN7/c1-17-12-19(23)13-21(29-17)30(15-18-6-3-2-4-7-18)11-10-27-22(24)26-9-5-8-20-14-25-16-28-20/h2-4,6-7,12-14,16H,5,8-11,15H2,1H3,(H,25,28)(H3,24,26,27). The van der Waals surface area contributed by atoms with Crippen molar-refractivity contribution >= 4 is 27.7 Å². The lowest BCUT2D eigenvalue weighted by Crippen LogP contribution is -2.39. The molecule has 30 heavy (non-hydrogen) atoms. The van der Waals surface area contributed by atoms with Crippen molar-refractivity contribution in [3.05, 3.63) is 76.4 Å². The normalized spacial score (nSPS) is 11.5. The van der Waals surface area contributed by atoms with Crippen LogP contribution in [0.25, 0.3) is 0 Å². The number of halogens is 1. The van der Waals surface area contributed by atoms with Gasteiger partial charge in [0.2, 0.25) is 0 Å². The number of anilines is 1. The molecule has 3 aromatic rings. The number of H-pyrrole nitrogens is 1. The number of hydrogen-bond acceptors (Lipinski definition) is 4. The number of nitrogens with zero attached hydrogens (tertiary/aromatic N) is 4. The number of aromatic nitrogens is 3. The van der Waals surface area contributed by atoms with E-state index >= 15 is 0 Å². The van der Waals surface area contributed by atoms with Crippen LogP contribution in [0, 0.1) is 6.92 Å². The van der Waals surface area contributed by atoms with E-state index in [1.165, 1.54) is 5.56 Å². The fourth-order valence-electron chi connectivity index (χ4n) is 3.12. The van der Waals surface area contributed by atoms with Gasteiger partial charge in [0.25, 0.3) is 0 Å². The Kier molecular flexibility index (Phi) is 8.26. The first-order valence-corrected chi connectivity index (χ1v) is 10.8. The van der Waals surface area contributed by atoms with Gasteiger partial charge in [0.15, 0.2) is 5.96 Å². The van der Waals surface area contributed by atoms with Crippen LogP contribution < -0.4 is 16.0 Å². The number of imidazole rings is 1. The van der Waals surface area contributed by atoms with Crippen molar-refractivity contribution in [3.8, 4) is 0 Å². The maximum atomic E-state index is 6.04. The Morgan fingerprint density at radius 3 is 2.83 bits per heavy atom. The van der Waals surface area contributed by atoms with Gasteiger partial charge in [0.1, 0.15) is 5.82 Å². The Morgan fingerprint density at radius 1 is 1.27 bits per heavy atom. The van der Waals surface area contributed by atoms with Gasteiger partial charge in [-0.1, -0.05) is 46.3 Å². The molecule has 158 valence electrons. The van der Waals surface area contributed by atoms with Crippen LogP contribution in [0.2, 0.25) is 0 Å². The van der Waals surface area contributed by atoms with E-state index in [9.17, 15) is 0 Å². The molecule has 0 spiro atoms. The first-order chi connectivity index (χ1) is 14.6. The van der Waals surface area contributed by atoms with E-state index in [4.69, 9.17) is 10.7 Å². The molecule has 0 aliphatic carbocycles. The Hall–Kier alpha value is -2.87. The van der Waals surface area contributed by atoms with Gasteiger partial charge in [0, 0.05) is 48.2 Å². The molecule has 4 N–H and O–H groups in total. The minimum atomic E-state index is 0.470. The van der Waals surface area contributed by atoms with Gasteiger partial charge in [0.05, 0.1) is 6.33 Å². The Bertz CT molecular complexity index is 906. The highest BCUT2D eigenvalue weighted by atomic mass is 79.9. The third-order valence-electron chi connectivity index (χ3n) is 4.57. The van der Waals surface area contributed by atoms with Crippen molar-refractivity contribution in [2.45, 2.75) is 26.3 Å². The monoisotopic (exact) mass is 469 g/mol. The molecule has 0 atom stereocenters. The van der Waals surface area contributed by atoms with Gasteiger partial charge in [-0.15, -0.1) is 0 Å². The van der Waals surface area contributed by atoms with E-state index in [1.54, 1.807) is 6.33 Å². The number of aryl methyl sites for hydroxylation is 2. The number of hydrogen-bond donors (Lipinski definition) is 3. The maximum Gasteiger partial charge on any atom is 0.188 e. The number of nitrogens with one attached hydrogen (secondary N) is 2. The quantitative estimate of drug-likeness (QED) is 0.240. The van der Waals surface area contributed by atoms with Crippen LogP contribution in [-0.4, -0.2) is 40.5 Å². The van der Waals surface area contributed by atoms with Crippen molar-refractivity contribution in [2.75, 3.05) is 24.5 Å². The van der Waals surface area contributed by atoms with Crippen LogP contribution in [0.5, 0.6) is 0 Å². The summed E-state index contributed by atoms with van der Waals surface area (Å²) in [5, 5.41) is 3.22. The third-order valence-corrected chi connectivity index (χ3v) is 5.03. The molecule has 0 fully saturated rings. The molecule has 0 amide bonds. The summed E-state index contributed by atoms with van der Waals surface area (Å²) in [6.45, 7) is 4.88. The minimum absolute atomic E-state index is 0.470. The zero-order valence-corrected chi connectivity index (χ0v) is 18.8. The molecule has 0 saturated heterocycles. The molecule has 0 aliphatic heterocycles. The molecule has 0 unspecified atom stereocenters. The molecule has 1 aromatic carbocycles. The number of nitrogens with two attached hydrogens (primary N) is 1. The van der Waals surface area contributed by atoms with Crippen LogP contribution in [0.4, 0.5) is 5.82 Å². The molecule has 2 aromatic heterocycles. The average molecular weight is 470 g/mol. The lowest BCUT2D eigenvalue weighted by atomic mass is 10.2. The predicted molar refractivity (Wildman–Crippen MR) is 126 cm³/mol. The number of aliphatic imine (C=N–C) groups is 1. The summed E-state index contributed by atoms with van der Waals surface area (Å²) in [6, 6.07) is 14.4. The first-order valence-electron chi connectivity index (χ1n) is 10.0. The second-order valence-corrected chi connectivity index (χ2v) is 7.98. The zero-order valence-electron chi connectivity index (χ0n) is 17.2. The Balaban J connectivity index is 1.54. The van der Waals surface area contributed by atoms with Gasteiger partial charge < -0.3 is 20.9 Å². The molecule has 0 bridgehead atoms. The fraction of sp³-hybridized carbons (Fsp3) is 0.318. The van der Waals surface area contributed by atoms with Crippen LogP contribution in [0.15, 0.2) is 64.5 Å². The third kappa shape index (κ3) is 7.18. The fourth-order valence-corrected chi connectivity index (χ4v) is 3.65. The van der Waals surface area contributed by atoms with Crippen molar-refractivity contribution in [2.24, 2.45) is 10.7 Å². The van der Waals surface area contributed by atoms with E-state index < -0.39 is 0 Å². The van der Waals surface area contributed by atoms with Crippen molar-refractivity contribution in [1.82, 2.24) is 20.3 Å². The highest BCUT2D eigenvalue weighted by molar-refractivity contribution is 9.10. The average Bonchev–Trinajstić information content (AvgIpc) is 3.24. The summed E-state index contributed by atoms with van der Waals surface area (Å²) < 4.78 is 1.02. The topological polar surface area (TPSA) is 95.2 Å². The highest BCUT2D eigenvalue weighted by Crippen LogP contribution is 2.20. The Morgan fingerprint density at radius 2 is 2.10 bits per heavy atom. The van der Waals surface area contributed by atoms with Crippen LogP contribution >= 0.6 is 15.9 Å². The van der Waals surface area contributed by atoms with Crippen molar-refractivity contribution < 1.29 is 0 Å². The van der Waals surface area contributed by atoms with Gasteiger partial charge >= 0.3 is 0 Å². The van der Waals surface area contributed by atoms with Crippen molar-refractivity contribution in [3.63, 3.8) is 0 Å². The van der Waals surface area contributed by atoms with Gasteiger partial charge in [-0.25, -0.2) is 9.97 Å². The number of benzene rings is 1. The van der Waals surface area contributed by atoms with E-state index in [2.05, 4.69) is 65.4 Å². The van der Waals surface area contributed by atoms with Crippen LogP contribution in [-0.2, 0) is 13.0 Å². The molecule has 7 nitrogen and oxygen atoms in total. The molecule has 8 heteroatoms. The summed E-state index contributed by atoms with van der Waals surface area (Å²) in [4.78, 5) is 18.5. The van der Waals surface area contributed by atoms with Gasteiger partial charge in [-0.3, -0.25) is 4.99 Å². The largest absolute Gasteiger partial charge is 0.370 e. The van der Waals surface area contributed by atoms with E-state index in [1.807, 2.05) is 31.3 Å². The second-order valence-electron chi connectivity index (χ2n) is 7.07. The van der Waals surface area contributed by atoms with E-state index in [-0.39, 0.29) is 0 Å². The Labute approximate surface area is 186 Å². The predicted octanol–water partition coefficient (Wildman–Crippen LogP) is 3.42. The molecule has 2 heterocycles.